The number of alkyl carbamates (subject to hydrolysis) is 1. The van der Waals surface area contributed by atoms with Crippen LogP contribution in [0.2, 0.25) is 0 Å². The molecule has 0 aliphatic heterocycles. The van der Waals surface area contributed by atoms with Crippen LogP contribution in [0, 0.1) is 0 Å². The summed E-state index contributed by atoms with van der Waals surface area (Å²) in [4.78, 5) is 11.8. The molecule has 0 spiro atoms. The molecule has 3 nitrogen and oxygen atoms in total. The van der Waals surface area contributed by atoms with E-state index >= 15 is 0 Å². The third-order valence-electron chi connectivity index (χ3n) is 3.28. The molecule has 1 aromatic rings. The Morgan fingerprint density at radius 3 is 2.24 bits per heavy atom. The van der Waals surface area contributed by atoms with Gasteiger partial charge in [0.2, 0.25) is 0 Å². The van der Waals surface area contributed by atoms with Gasteiger partial charge >= 0.3 is 6.09 Å². The standard InChI is InChI=1S/C18H29NO2/c1-12(2)14-8-9-16(13(3)4)15(10-14)11-19-17(20)21-18(5,6)7/h8-10,12-13H,11H2,1-7H3,(H,19,20). The maximum absolute atomic E-state index is 11.8. The van der Waals surface area contributed by atoms with E-state index in [9.17, 15) is 4.79 Å². The zero-order valence-corrected chi connectivity index (χ0v) is 14.4. The average Bonchev–Trinajstić information content (AvgIpc) is 2.33. The van der Waals surface area contributed by atoms with E-state index in [1.165, 1.54) is 16.7 Å². The van der Waals surface area contributed by atoms with Crippen molar-refractivity contribution in [3.05, 3.63) is 34.9 Å². The normalized spacial score (nSPS) is 11.9. The van der Waals surface area contributed by atoms with Gasteiger partial charge in [0.25, 0.3) is 0 Å². The summed E-state index contributed by atoms with van der Waals surface area (Å²) in [5, 5.41) is 2.86. The lowest BCUT2D eigenvalue weighted by molar-refractivity contribution is 0.0523. The largest absolute Gasteiger partial charge is 0.444 e. The molecular formula is C18H29NO2. The maximum Gasteiger partial charge on any atom is 0.407 e. The average molecular weight is 291 g/mol. The van der Waals surface area contributed by atoms with Crippen molar-refractivity contribution in [2.24, 2.45) is 0 Å². The van der Waals surface area contributed by atoms with Crippen molar-refractivity contribution in [3.8, 4) is 0 Å². The molecule has 0 atom stereocenters. The first kappa shape index (κ1) is 17.5. The Labute approximate surface area is 129 Å². The van der Waals surface area contributed by atoms with E-state index in [0.717, 1.165) is 0 Å². The third kappa shape index (κ3) is 5.78. The highest BCUT2D eigenvalue weighted by molar-refractivity contribution is 5.67. The van der Waals surface area contributed by atoms with Gasteiger partial charge in [-0.25, -0.2) is 4.79 Å². The maximum atomic E-state index is 11.8. The van der Waals surface area contributed by atoms with Crippen molar-refractivity contribution in [1.82, 2.24) is 5.32 Å². The monoisotopic (exact) mass is 291 g/mol. The van der Waals surface area contributed by atoms with Crippen LogP contribution in [0.1, 0.15) is 77.0 Å². The third-order valence-corrected chi connectivity index (χ3v) is 3.28. The van der Waals surface area contributed by atoms with Crippen LogP contribution >= 0.6 is 0 Å². The minimum absolute atomic E-state index is 0.368. The molecule has 0 aliphatic carbocycles. The van der Waals surface area contributed by atoms with Gasteiger partial charge in [0, 0.05) is 6.54 Å². The first-order chi connectivity index (χ1) is 9.60. The van der Waals surface area contributed by atoms with Gasteiger partial charge in [0.1, 0.15) is 5.60 Å². The van der Waals surface area contributed by atoms with Crippen LogP contribution in [-0.2, 0) is 11.3 Å². The van der Waals surface area contributed by atoms with Gasteiger partial charge in [-0.15, -0.1) is 0 Å². The molecule has 1 rings (SSSR count). The Morgan fingerprint density at radius 2 is 1.76 bits per heavy atom. The summed E-state index contributed by atoms with van der Waals surface area (Å²) in [6.45, 7) is 14.8. The van der Waals surface area contributed by atoms with Gasteiger partial charge in [0.05, 0.1) is 0 Å². The fourth-order valence-corrected chi connectivity index (χ4v) is 2.18. The predicted octanol–water partition coefficient (Wildman–Crippen LogP) is 4.96. The highest BCUT2D eigenvalue weighted by Gasteiger charge is 2.16. The second-order valence-corrected chi connectivity index (χ2v) is 7.12. The van der Waals surface area contributed by atoms with Crippen LogP contribution in [0.4, 0.5) is 4.79 Å². The van der Waals surface area contributed by atoms with E-state index in [0.29, 0.717) is 18.4 Å². The second kappa shape index (κ2) is 6.97. The van der Waals surface area contributed by atoms with E-state index in [1.807, 2.05) is 20.8 Å². The molecule has 0 bridgehead atoms. The van der Waals surface area contributed by atoms with Gasteiger partial charge in [-0.2, -0.15) is 0 Å². The minimum Gasteiger partial charge on any atom is -0.444 e. The van der Waals surface area contributed by atoms with E-state index in [1.54, 1.807) is 0 Å². The highest BCUT2D eigenvalue weighted by atomic mass is 16.6. The van der Waals surface area contributed by atoms with Crippen LogP contribution in [0.25, 0.3) is 0 Å². The van der Waals surface area contributed by atoms with Crippen molar-refractivity contribution < 1.29 is 9.53 Å². The SMILES string of the molecule is CC(C)c1ccc(C(C)C)c(CNC(=O)OC(C)(C)C)c1. The minimum atomic E-state index is -0.468. The molecule has 0 fully saturated rings. The molecule has 0 saturated heterocycles. The van der Waals surface area contributed by atoms with Crippen molar-refractivity contribution in [2.45, 2.75) is 72.4 Å². The number of carbonyl (C=O) groups excluding carboxylic acids is 1. The van der Waals surface area contributed by atoms with E-state index in [2.05, 4.69) is 51.2 Å². The summed E-state index contributed by atoms with van der Waals surface area (Å²) in [6.07, 6.45) is -0.368. The summed E-state index contributed by atoms with van der Waals surface area (Å²) in [6, 6.07) is 6.54. The number of benzene rings is 1. The Bertz CT molecular complexity index is 484. The summed E-state index contributed by atoms with van der Waals surface area (Å²) >= 11 is 0. The molecule has 0 unspecified atom stereocenters. The summed E-state index contributed by atoms with van der Waals surface area (Å²) in [5.41, 5.74) is 3.27. The van der Waals surface area contributed by atoms with Crippen molar-refractivity contribution in [1.29, 1.82) is 0 Å². The van der Waals surface area contributed by atoms with Crippen LogP contribution in [0.5, 0.6) is 0 Å². The van der Waals surface area contributed by atoms with Crippen molar-refractivity contribution in [2.75, 3.05) is 0 Å². The molecular weight excluding hydrogens is 262 g/mol. The lowest BCUT2D eigenvalue weighted by atomic mass is 9.92. The first-order valence-corrected chi connectivity index (χ1v) is 7.69. The van der Waals surface area contributed by atoms with Crippen LogP contribution in [0.15, 0.2) is 18.2 Å². The number of ether oxygens (including phenoxy) is 1. The predicted molar refractivity (Wildman–Crippen MR) is 87.7 cm³/mol. The van der Waals surface area contributed by atoms with Gasteiger partial charge in [0.15, 0.2) is 0 Å². The molecule has 0 heterocycles. The number of nitrogens with one attached hydrogen (secondary N) is 1. The fraction of sp³-hybridized carbons (Fsp3) is 0.611. The molecule has 1 aromatic carbocycles. The number of hydrogen-bond acceptors (Lipinski definition) is 2. The van der Waals surface area contributed by atoms with Crippen LogP contribution in [0.3, 0.4) is 0 Å². The molecule has 3 heteroatoms. The number of hydrogen-bond donors (Lipinski definition) is 1. The molecule has 0 radical (unpaired) electrons. The van der Waals surface area contributed by atoms with Crippen molar-refractivity contribution >= 4 is 6.09 Å². The number of amides is 1. The molecule has 0 aliphatic rings. The second-order valence-electron chi connectivity index (χ2n) is 7.12. The zero-order chi connectivity index (χ0) is 16.2. The van der Waals surface area contributed by atoms with Crippen LogP contribution in [-0.4, -0.2) is 11.7 Å². The Hall–Kier alpha value is -1.51. The quantitative estimate of drug-likeness (QED) is 0.851. The Kier molecular flexibility index (Phi) is 5.82. The molecule has 21 heavy (non-hydrogen) atoms. The van der Waals surface area contributed by atoms with Gasteiger partial charge < -0.3 is 10.1 Å². The van der Waals surface area contributed by atoms with Gasteiger partial charge in [-0.1, -0.05) is 45.9 Å². The Morgan fingerprint density at radius 1 is 1.14 bits per heavy atom. The molecule has 1 N–H and O–H groups in total. The summed E-state index contributed by atoms with van der Waals surface area (Å²) in [5.74, 6) is 0.910. The highest BCUT2D eigenvalue weighted by Crippen LogP contribution is 2.24. The first-order valence-electron chi connectivity index (χ1n) is 7.69. The lowest BCUT2D eigenvalue weighted by Crippen LogP contribution is -2.32. The van der Waals surface area contributed by atoms with Crippen molar-refractivity contribution in [3.63, 3.8) is 0 Å². The summed E-state index contributed by atoms with van der Waals surface area (Å²) in [7, 11) is 0. The Balaban J connectivity index is 2.85. The van der Waals surface area contributed by atoms with E-state index < -0.39 is 5.60 Å². The molecule has 0 saturated carbocycles. The molecule has 118 valence electrons. The number of carbonyl (C=O) groups is 1. The topological polar surface area (TPSA) is 38.3 Å². The zero-order valence-electron chi connectivity index (χ0n) is 14.4. The smallest absolute Gasteiger partial charge is 0.407 e. The fourth-order valence-electron chi connectivity index (χ4n) is 2.18. The summed E-state index contributed by atoms with van der Waals surface area (Å²) < 4.78 is 5.29. The number of rotatable bonds is 4. The van der Waals surface area contributed by atoms with E-state index in [4.69, 9.17) is 4.74 Å². The van der Waals surface area contributed by atoms with Gasteiger partial charge in [-0.05, 0) is 49.3 Å². The molecule has 1 amide bonds. The lowest BCUT2D eigenvalue weighted by Gasteiger charge is -2.21. The van der Waals surface area contributed by atoms with E-state index in [-0.39, 0.29) is 6.09 Å². The molecule has 0 aromatic heterocycles. The van der Waals surface area contributed by atoms with Gasteiger partial charge in [-0.3, -0.25) is 0 Å². The van der Waals surface area contributed by atoms with Crippen LogP contribution < -0.4 is 5.32 Å².